The Kier molecular flexibility index (Phi) is 4.73. The second-order valence-electron chi connectivity index (χ2n) is 4.68. The van der Waals surface area contributed by atoms with E-state index in [1.165, 1.54) is 23.9 Å². The summed E-state index contributed by atoms with van der Waals surface area (Å²) < 4.78 is 0. The molecule has 0 saturated carbocycles. The van der Waals surface area contributed by atoms with Gasteiger partial charge in [-0.25, -0.2) is 4.98 Å². The third kappa shape index (κ3) is 3.48. The maximum atomic E-state index is 10.8. The number of fused-ring (bicyclic) bond motifs is 1. The zero-order valence-electron chi connectivity index (χ0n) is 11.3. The highest BCUT2D eigenvalue weighted by Gasteiger charge is 2.12. The summed E-state index contributed by atoms with van der Waals surface area (Å²) in [7, 11) is 0. The monoisotopic (exact) mass is 303 g/mol. The van der Waals surface area contributed by atoms with Crippen molar-refractivity contribution in [2.45, 2.75) is 11.9 Å². The highest BCUT2D eigenvalue weighted by molar-refractivity contribution is 7.99. The van der Waals surface area contributed by atoms with Crippen LogP contribution in [0.5, 0.6) is 0 Å². The number of nitro benzene ring substituents is 1. The number of thioether (sulfide) groups is 1. The molecule has 0 spiro atoms. The van der Waals surface area contributed by atoms with E-state index in [2.05, 4.69) is 11.1 Å². The van der Waals surface area contributed by atoms with Crippen molar-refractivity contribution in [1.82, 2.24) is 4.98 Å². The first kappa shape index (κ1) is 15.2. The van der Waals surface area contributed by atoms with E-state index in [0.717, 1.165) is 0 Å². The van der Waals surface area contributed by atoms with Gasteiger partial charge in [0.15, 0.2) is 0 Å². The molecule has 2 rings (SSSR count). The van der Waals surface area contributed by atoms with E-state index in [-0.39, 0.29) is 18.2 Å². The van der Waals surface area contributed by atoms with Crippen molar-refractivity contribution in [3.8, 4) is 6.07 Å². The van der Waals surface area contributed by atoms with Crippen LogP contribution in [0.2, 0.25) is 0 Å². The Morgan fingerprint density at radius 3 is 2.90 bits per heavy atom. The highest BCUT2D eigenvalue weighted by Crippen LogP contribution is 2.27. The Balaban J connectivity index is 2.42. The second kappa shape index (κ2) is 6.52. The third-order valence-corrected chi connectivity index (χ3v) is 4.17. The number of nitro groups is 1. The second-order valence-corrected chi connectivity index (χ2v) is 5.72. The van der Waals surface area contributed by atoms with E-state index in [4.69, 9.17) is 5.11 Å². The summed E-state index contributed by atoms with van der Waals surface area (Å²) in [5.41, 5.74) is 0.858. The maximum absolute atomic E-state index is 10.8. The van der Waals surface area contributed by atoms with Crippen LogP contribution in [0, 0.1) is 27.4 Å². The number of non-ortho nitro benzene ring substituents is 1. The number of rotatable bonds is 5. The summed E-state index contributed by atoms with van der Waals surface area (Å²) in [5.74, 6) is 0.822. The van der Waals surface area contributed by atoms with Gasteiger partial charge in [-0.2, -0.15) is 5.26 Å². The molecule has 1 aromatic heterocycles. The van der Waals surface area contributed by atoms with Crippen LogP contribution in [-0.2, 0) is 0 Å². The van der Waals surface area contributed by atoms with Gasteiger partial charge in [0, 0.05) is 29.9 Å². The molecule has 1 atom stereocenters. The summed E-state index contributed by atoms with van der Waals surface area (Å²) in [6.45, 7) is 2.01. The minimum absolute atomic E-state index is 0.0601. The number of nitriles is 1. The lowest BCUT2D eigenvalue weighted by Crippen LogP contribution is -2.03. The molecule has 0 saturated heterocycles. The Hall–Kier alpha value is -2.17. The molecule has 7 heteroatoms. The average molecular weight is 303 g/mol. The standard InChI is InChI=1S/C14H13N3O3S/c1-9(7-18)8-21-14-4-10(6-15)12-5-11(17(19)20)2-3-13(12)16-14/h2-5,9,18H,7-8H2,1H3/t9-/m0/s1. The van der Waals surface area contributed by atoms with Crippen molar-refractivity contribution in [3.63, 3.8) is 0 Å². The summed E-state index contributed by atoms with van der Waals surface area (Å²) >= 11 is 1.45. The van der Waals surface area contributed by atoms with Gasteiger partial charge in [0.2, 0.25) is 0 Å². The molecule has 108 valence electrons. The SMILES string of the molecule is C[C@@H](CO)CSc1cc(C#N)c2cc([N+](=O)[O-])ccc2n1. The molecule has 0 aliphatic heterocycles. The first-order chi connectivity index (χ1) is 10.0. The van der Waals surface area contributed by atoms with Crippen molar-refractivity contribution in [1.29, 1.82) is 5.26 Å². The minimum atomic E-state index is -0.494. The zero-order chi connectivity index (χ0) is 15.4. The summed E-state index contributed by atoms with van der Waals surface area (Å²) in [6.07, 6.45) is 0. The molecule has 1 aromatic carbocycles. The maximum Gasteiger partial charge on any atom is 0.270 e. The average Bonchev–Trinajstić information content (AvgIpc) is 2.50. The zero-order valence-corrected chi connectivity index (χ0v) is 12.1. The molecule has 21 heavy (non-hydrogen) atoms. The van der Waals surface area contributed by atoms with Crippen LogP contribution >= 0.6 is 11.8 Å². The van der Waals surface area contributed by atoms with Gasteiger partial charge in [0.1, 0.15) is 0 Å². The Morgan fingerprint density at radius 1 is 1.52 bits per heavy atom. The molecule has 0 aliphatic rings. The fourth-order valence-corrected chi connectivity index (χ4v) is 2.67. The number of benzene rings is 1. The Labute approximate surface area is 125 Å². The molecular weight excluding hydrogens is 290 g/mol. The van der Waals surface area contributed by atoms with Crippen molar-refractivity contribution >= 4 is 28.4 Å². The van der Waals surface area contributed by atoms with Gasteiger partial charge in [0.25, 0.3) is 5.69 Å². The summed E-state index contributed by atoms with van der Waals surface area (Å²) in [4.78, 5) is 14.7. The Bertz CT molecular complexity index is 727. The molecule has 0 amide bonds. The molecule has 0 aliphatic carbocycles. The number of aliphatic hydroxyl groups is 1. The molecule has 0 fully saturated rings. The molecule has 0 unspecified atom stereocenters. The summed E-state index contributed by atoms with van der Waals surface area (Å²) in [5, 5.41) is 30.2. The van der Waals surface area contributed by atoms with E-state index < -0.39 is 4.92 Å². The van der Waals surface area contributed by atoms with Gasteiger partial charge in [-0.05, 0) is 18.1 Å². The number of nitrogens with zero attached hydrogens (tertiary/aromatic N) is 3. The van der Waals surface area contributed by atoms with Crippen LogP contribution in [0.4, 0.5) is 5.69 Å². The highest BCUT2D eigenvalue weighted by atomic mass is 32.2. The fraction of sp³-hybridized carbons (Fsp3) is 0.286. The van der Waals surface area contributed by atoms with Crippen LogP contribution in [0.3, 0.4) is 0 Å². The first-order valence-corrected chi connectivity index (χ1v) is 7.26. The van der Waals surface area contributed by atoms with E-state index in [9.17, 15) is 15.4 Å². The number of hydrogen-bond acceptors (Lipinski definition) is 6. The van der Waals surface area contributed by atoms with Crippen molar-refractivity contribution in [2.24, 2.45) is 5.92 Å². The lowest BCUT2D eigenvalue weighted by Gasteiger charge is -2.08. The molecule has 1 heterocycles. The molecule has 0 radical (unpaired) electrons. The normalized spacial score (nSPS) is 12.0. The van der Waals surface area contributed by atoms with Crippen molar-refractivity contribution < 1.29 is 10.0 Å². The minimum Gasteiger partial charge on any atom is -0.396 e. The quantitative estimate of drug-likeness (QED) is 0.518. The summed E-state index contributed by atoms with van der Waals surface area (Å²) in [6, 6.07) is 7.97. The van der Waals surface area contributed by atoms with Crippen LogP contribution in [-0.4, -0.2) is 27.4 Å². The van der Waals surface area contributed by atoms with Crippen LogP contribution in [0.25, 0.3) is 10.9 Å². The van der Waals surface area contributed by atoms with E-state index in [1.807, 2.05) is 6.92 Å². The number of aliphatic hydroxyl groups excluding tert-OH is 1. The van der Waals surface area contributed by atoms with Gasteiger partial charge >= 0.3 is 0 Å². The predicted octanol–water partition coefficient (Wildman–Crippen LogP) is 2.74. The number of hydrogen-bond donors (Lipinski definition) is 1. The molecule has 1 N–H and O–H groups in total. The first-order valence-electron chi connectivity index (χ1n) is 6.28. The molecule has 6 nitrogen and oxygen atoms in total. The van der Waals surface area contributed by atoms with E-state index in [1.54, 1.807) is 12.1 Å². The van der Waals surface area contributed by atoms with Crippen molar-refractivity contribution in [2.75, 3.05) is 12.4 Å². The number of aromatic nitrogens is 1. The smallest absolute Gasteiger partial charge is 0.270 e. The third-order valence-electron chi connectivity index (χ3n) is 2.93. The molecule has 2 aromatic rings. The van der Waals surface area contributed by atoms with Crippen LogP contribution in [0.15, 0.2) is 29.3 Å². The Morgan fingerprint density at radius 2 is 2.29 bits per heavy atom. The largest absolute Gasteiger partial charge is 0.396 e. The van der Waals surface area contributed by atoms with Gasteiger partial charge < -0.3 is 5.11 Å². The van der Waals surface area contributed by atoms with Crippen LogP contribution in [0.1, 0.15) is 12.5 Å². The van der Waals surface area contributed by atoms with Crippen molar-refractivity contribution in [3.05, 3.63) is 39.9 Å². The fourth-order valence-electron chi connectivity index (χ4n) is 1.75. The van der Waals surface area contributed by atoms with Gasteiger partial charge in [-0.3, -0.25) is 10.1 Å². The van der Waals surface area contributed by atoms with Gasteiger partial charge in [-0.15, -0.1) is 11.8 Å². The lowest BCUT2D eigenvalue weighted by molar-refractivity contribution is -0.384. The van der Waals surface area contributed by atoms with E-state index in [0.29, 0.717) is 27.2 Å². The molecule has 0 bridgehead atoms. The molecular formula is C14H13N3O3S. The topological polar surface area (TPSA) is 100 Å². The van der Waals surface area contributed by atoms with Crippen LogP contribution < -0.4 is 0 Å². The van der Waals surface area contributed by atoms with Gasteiger partial charge in [0.05, 0.1) is 27.1 Å². The van der Waals surface area contributed by atoms with Gasteiger partial charge in [-0.1, -0.05) is 6.92 Å². The number of pyridine rings is 1. The van der Waals surface area contributed by atoms with E-state index >= 15 is 0 Å². The lowest BCUT2D eigenvalue weighted by atomic mass is 10.1. The predicted molar refractivity (Wildman–Crippen MR) is 80.1 cm³/mol.